The first-order valence-corrected chi connectivity index (χ1v) is 5.26. The highest BCUT2D eigenvalue weighted by molar-refractivity contribution is 9.10. The monoisotopic (exact) mass is 282 g/mol. The van der Waals surface area contributed by atoms with Gasteiger partial charge in [-0.15, -0.1) is 0 Å². The number of rotatable bonds is 1. The summed E-state index contributed by atoms with van der Waals surface area (Å²) in [5.74, 6) is -1.38. The van der Waals surface area contributed by atoms with Gasteiger partial charge in [-0.1, -0.05) is 46.3 Å². The van der Waals surface area contributed by atoms with Crippen molar-refractivity contribution >= 4 is 33.8 Å². The van der Waals surface area contributed by atoms with Crippen LogP contribution in [0.1, 0.15) is 5.56 Å². The summed E-state index contributed by atoms with van der Waals surface area (Å²) >= 11 is 3.09. The molecule has 0 radical (unpaired) electrons. The van der Waals surface area contributed by atoms with Crippen LogP contribution in [0.25, 0.3) is 0 Å². The van der Waals surface area contributed by atoms with Crippen molar-refractivity contribution in [3.8, 4) is 0 Å². The summed E-state index contributed by atoms with van der Waals surface area (Å²) in [5, 5.41) is 4.08. The van der Waals surface area contributed by atoms with E-state index in [-0.39, 0.29) is 0 Å². The van der Waals surface area contributed by atoms with Crippen molar-refractivity contribution in [3.05, 3.63) is 35.9 Å². The number of halogens is 1. The Morgan fingerprint density at radius 2 is 1.44 bits per heavy atom. The van der Waals surface area contributed by atoms with Crippen LogP contribution in [0.5, 0.6) is 0 Å². The van der Waals surface area contributed by atoms with E-state index in [0.717, 1.165) is 0 Å². The van der Waals surface area contributed by atoms with Crippen LogP contribution in [0, 0.1) is 0 Å². The molecule has 0 saturated carbocycles. The Balaban J connectivity index is 2.48. The van der Waals surface area contributed by atoms with Crippen LogP contribution in [0.4, 0.5) is 4.79 Å². The molecule has 2 rings (SSSR count). The maximum Gasteiger partial charge on any atom is 0.328 e. The molecule has 2 N–H and O–H groups in total. The van der Waals surface area contributed by atoms with Crippen LogP contribution in [-0.2, 0) is 13.9 Å². The van der Waals surface area contributed by atoms with Gasteiger partial charge in [0.1, 0.15) is 0 Å². The SMILES string of the molecule is O=C1NC(=O)C(Br)(c2ccccc2)C(=O)N1. The second kappa shape index (κ2) is 3.71. The number of amides is 4. The topological polar surface area (TPSA) is 75.3 Å². The minimum atomic E-state index is -1.54. The number of carbonyl (C=O) groups excluding carboxylic acids is 3. The fraction of sp³-hybridized carbons (Fsp3) is 0.100. The molecule has 1 aliphatic rings. The average molecular weight is 283 g/mol. The van der Waals surface area contributed by atoms with Crippen LogP contribution >= 0.6 is 15.9 Å². The van der Waals surface area contributed by atoms with Gasteiger partial charge in [0.15, 0.2) is 0 Å². The van der Waals surface area contributed by atoms with Crippen LogP contribution < -0.4 is 10.6 Å². The summed E-state index contributed by atoms with van der Waals surface area (Å²) in [6, 6.07) is 7.63. The lowest BCUT2D eigenvalue weighted by Gasteiger charge is -2.28. The summed E-state index contributed by atoms with van der Waals surface area (Å²) in [4.78, 5) is 34.3. The molecule has 1 heterocycles. The lowest BCUT2D eigenvalue weighted by molar-refractivity contribution is -0.133. The van der Waals surface area contributed by atoms with E-state index >= 15 is 0 Å². The highest BCUT2D eigenvalue weighted by Crippen LogP contribution is 2.33. The van der Waals surface area contributed by atoms with E-state index in [9.17, 15) is 14.4 Å². The third kappa shape index (κ3) is 1.51. The quantitative estimate of drug-likeness (QED) is 0.586. The van der Waals surface area contributed by atoms with Gasteiger partial charge in [-0.3, -0.25) is 20.2 Å². The minimum Gasteiger partial charge on any atom is -0.276 e. The van der Waals surface area contributed by atoms with Gasteiger partial charge < -0.3 is 0 Å². The molecule has 0 bridgehead atoms. The van der Waals surface area contributed by atoms with Crippen molar-refractivity contribution in [2.24, 2.45) is 0 Å². The first kappa shape index (κ1) is 10.8. The van der Waals surface area contributed by atoms with Gasteiger partial charge in [-0.05, 0) is 5.56 Å². The largest absolute Gasteiger partial charge is 0.328 e. The third-order valence-electron chi connectivity index (χ3n) is 2.25. The van der Waals surface area contributed by atoms with E-state index in [1.54, 1.807) is 30.3 Å². The average Bonchev–Trinajstić information content (AvgIpc) is 2.27. The maximum absolute atomic E-state index is 11.7. The first-order valence-electron chi connectivity index (χ1n) is 4.46. The molecule has 0 atom stereocenters. The Hall–Kier alpha value is -1.69. The highest BCUT2D eigenvalue weighted by Gasteiger charge is 2.49. The predicted octanol–water partition coefficient (Wildman–Crippen LogP) is 0.643. The molecule has 16 heavy (non-hydrogen) atoms. The number of carbonyl (C=O) groups is 3. The zero-order valence-electron chi connectivity index (χ0n) is 7.99. The van der Waals surface area contributed by atoms with Crippen LogP contribution in [0.15, 0.2) is 30.3 Å². The second-order valence-corrected chi connectivity index (χ2v) is 4.45. The second-order valence-electron chi connectivity index (χ2n) is 3.26. The molecule has 82 valence electrons. The summed E-state index contributed by atoms with van der Waals surface area (Å²) in [6.45, 7) is 0. The lowest BCUT2D eigenvalue weighted by Crippen LogP contribution is -2.62. The summed E-state index contributed by atoms with van der Waals surface area (Å²) in [5.41, 5.74) is 0.470. The number of benzene rings is 1. The van der Waals surface area contributed by atoms with Crippen molar-refractivity contribution in [1.29, 1.82) is 0 Å². The fourth-order valence-electron chi connectivity index (χ4n) is 1.44. The Morgan fingerprint density at radius 1 is 0.938 bits per heavy atom. The van der Waals surface area contributed by atoms with Crippen molar-refractivity contribution < 1.29 is 14.4 Å². The smallest absolute Gasteiger partial charge is 0.276 e. The van der Waals surface area contributed by atoms with E-state index < -0.39 is 22.2 Å². The fourth-order valence-corrected chi connectivity index (χ4v) is 1.91. The van der Waals surface area contributed by atoms with Crippen molar-refractivity contribution in [1.82, 2.24) is 10.6 Å². The molecule has 1 aromatic rings. The van der Waals surface area contributed by atoms with E-state index in [2.05, 4.69) is 15.9 Å². The molecule has 0 unspecified atom stereocenters. The molecular weight excluding hydrogens is 276 g/mol. The molecule has 1 fully saturated rings. The Kier molecular flexibility index (Phi) is 2.51. The number of hydrogen-bond acceptors (Lipinski definition) is 3. The molecule has 5 nitrogen and oxygen atoms in total. The van der Waals surface area contributed by atoms with Crippen molar-refractivity contribution in [2.45, 2.75) is 4.32 Å². The number of nitrogens with one attached hydrogen (secondary N) is 2. The molecule has 1 aromatic carbocycles. The van der Waals surface area contributed by atoms with Gasteiger partial charge in [0.25, 0.3) is 11.8 Å². The molecule has 0 aromatic heterocycles. The maximum atomic E-state index is 11.7. The zero-order valence-corrected chi connectivity index (χ0v) is 9.58. The van der Waals surface area contributed by atoms with Gasteiger partial charge >= 0.3 is 6.03 Å². The molecule has 0 aliphatic carbocycles. The van der Waals surface area contributed by atoms with Gasteiger partial charge in [-0.2, -0.15) is 0 Å². The number of hydrogen-bond donors (Lipinski definition) is 2. The summed E-state index contributed by atoms with van der Waals surface area (Å²) < 4.78 is -1.54. The van der Waals surface area contributed by atoms with E-state index in [0.29, 0.717) is 5.56 Å². The summed E-state index contributed by atoms with van der Waals surface area (Å²) in [6.07, 6.45) is 0. The Bertz CT molecular complexity index is 452. The Morgan fingerprint density at radius 3 is 1.94 bits per heavy atom. The molecule has 4 amide bonds. The standard InChI is InChI=1S/C10H7BrN2O3/c11-10(6-4-2-1-3-5-6)7(14)12-9(16)13-8(10)15/h1-5H,(H2,12,13,14,15,16). The third-order valence-corrected chi connectivity index (χ3v) is 3.43. The Labute approximate surface area is 99.3 Å². The first-order chi connectivity index (χ1) is 7.55. The zero-order chi connectivity index (χ0) is 11.8. The molecule has 6 heteroatoms. The van der Waals surface area contributed by atoms with Crippen LogP contribution in [0.3, 0.4) is 0 Å². The van der Waals surface area contributed by atoms with Gasteiger partial charge in [0.05, 0.1) is 0 Å². The predicted molar refractivity (Wildman–Crippen MR) is 58.7 cm³/mol. The van der Waals surface area contributed by atoms with Crippen LogP contribution in [-0.4, -0.2) is 17.8 Å². The summed E-state index contributed by atoms with van der Waals surface area (Å²) in [7, 11) is 0. The molecule has 1 aliphatic heterocycles. The highest BCUT2D eigenvalue weighted by atomic mass is 79.9. The molecule has 0 spiro atoms. The van der Waals surface area contributed by atoms with Crippen LogP contribution in [0.2, 0.25) is 0 Å². The van der Waals surface area contributed by atoms with E-state index in [1.807, 2.05) is 10.6 Å². The van der Waals surface area contributed by atoms with Crippen molar-refractivity contribution in [2.75, 3.05) is 0 Å². The minimum absolute atomic E-state index is 0.470. The normalized spacial score (nSPS) is 18.9. The van der Waals surface area contributed by atoms with Gasteiger partial charge in [-0.25, -0.2) is 4.79 Å². The van der Waals surface area contributed by atoms with Gasteiger partial charge in [0, 0.05) is 0 Å². The van der Waals surface area contributed by atoms with E-state index in [4.69, 9.17) is 0 Å². The number of alkyl halides is 1. The van der Waals surface area contributed by atoms with Gasteiger partial charge in [0.2, 0.25) is 4.32 Å². The molecule has 1 saturated heterocycles. The number of urea groups is 1. The molecular formula is C10H7BrN2O3. The number of barbiturate groups is 1. The lowest BCUT2D eigenvalue weighted by atomic mass is 9.96. The van der Waals surface area contributed by atoms with Crippen molar-refractivity contribution in [3.63, 3.8) is 0 Å². The number of imide groups is 2. The van der Waals surface area contributed by atoms with E-state index in [1.165, 1.54) is 0 Å².